The number of halogens is 2. The summed E-state index contributed by atoms with van der Waals surface area (Å²) < 4.78 is 15.7. The fourth-order valence-corrected chi connectivity index (χ4v) is 3.47. The van der Waals surface area contributed by atoms with Gasteiger partial charge in [-0.05, 0) is 37.3 Å². The number of hydrogen-bond donors (Lipinski definition) is 2. The van der Waals surface area contributed by atoms with Crippen LogP contribution in [-0.4, -0.2) is 36.7 Å². The van der Waals surface area contributed by atoms with E-state index in [1.165, 1.54) is 12.1 Å². The molecule has 0 aliphatic carbocycles. The zero-order valence-corrected chi connectivity index (χ0v) is 17.2. The van der Waals surface area contributed by atoms with E-state index in [0.717, 1.165) is 5.52 Å². The van der Waals surface area contributed by atoms with Crippen LogP contribution in [0.25, 0.3) is 22.4 Å². The first-order valence-corrected chi connectivity index (χ1v) is 9.82. The number of imidazole rings is 1. The second-order valence-corrected chi connectivity index (χ2v) is 7.48. The van der Waals surface area contributed by atoms with Crippen molar-refractivity contribution in [1.82, 2.24) is 30.0 Å². The van der Waals surface area contributed by atoms with E-state index in [1.54, 1.807) is 35.4 Å². The molecule has 1 aromatic carbocycles. The summed E-state index contributed by atoms with van der Waals surface area (Å²) in [5, 5.41) is 16.3. The minimum Gasteiger partial charge on any atom is -0.351 e. The largest absolute Gasteiger partial charge is 0.351 e. The summed E-state index contributed by atoms with van der Waals surface area (Å²) in [4.78, 5) is 23.8. The molecule has 0 fully saturated rings. The topological polar surface area (TPSA) is 112 Å². The Kier molecular flexibility index (Phi) is 5.64. The Morgan fingerprint density at radius 1 is 1.39 bits per heavy atom. The molecule has 0 saturated carbocycles. The maximum Gasteiger partial charge on any atom is 0.226 e. The highest BCUT2D eigenvalue weighted by Gasteiger charge is 2.14. The third-order valence-corrected chi connectivity index (χ3v) is 4.94. The standard InChI is InChI=1S/C21H17ClFN7O/c1-12(27-20(31)8-14-2-3-19-21(28-14)26-11-25-19)10-30-5-4-18(29-30)13-6-16(22)15(9-24)17(23)7-13/h2-7,11-12H,8,10H2,1H3,(H,27,31)(H,25,26,28)/t12-/m0/s1. The van der Waals surface area contributed by atoms with Crippen LogP contribution in [0.3, 0.4) is 0 Å². The first-order chi connectivity index (χ1) is 14.9. The van der Waals surface area contributed by atoms with Crippen LogP contribution in [0.4, 0.5) is 4.39 Å². The fourth-order valence-electron chi connectivity index (χ4n) is 3.22. The van der Waals surface area contributed by atoms with E-state index in [-0.39, 0.29) is 29.0 Å². The van der Waals surface area contributed by atoms with E-state index in [1.807, 2.05) is 13.0 Å². The SMILES string of the molecule is C[C@@H](Cn1ccc(-c2cc(F)c(C#N)c(Cl)c2)n1)NC(=O)Cc1ccc2[nH]cnc2n1. The van der Waals surface area contributed by atoms with Crippen molar-refractivity contribution in [2.24, 2.45) is 0 Å². The van der Waals surface area contributed by atoms with Crippen molar-refractivity contribution in [2.75, 3.05) is 0 Å². The molecule has 4 rings (SSSR count). The van der Waals surface area contributed by atoms with E-state index in [4.69, 9.17) is 16.9 Å². The Balaban J connectivity index is 1.38. The normalized spacial score (nSPS) is 11.9. The van der Waals surface area contributed by atoms with Crippen molar-refractivity contribution in [3.63, 3.8) is 0 Å². The van der Waals surface area contributed by atoms with Gasteiger partial charge in [0.2, 0.25) is 5.91 Å². The van der Waals surface area contributed by atoms with Gasteiger partial charge in [-0.15, -0.1) is 0 Å². The summed E-state index contributed by atoms with van der Waals surface area (Å²) >= 11 is 5.97. The quantitative estimate of drug-likeness (QED) is 0.481. The van der Waals surface area contributed by atoms with Crippen molar-refractivity contribution in [3.05, 3.63) is 65.0 Å². The van der Waals surface area contributed by atoms with Crippen LogP contribution in [0.15, 0.2) is 42.9 Å². The van der Waals surface area contributed by atoms with Gasteiger partial charge < -0.3 is 10.3 Å². The Morgan fingerprint density at radius 3 is 3.00 bits per heavy atom. The first-order valence-electron chi connectivity index (χ1n) is 9.44. The molecule has 1 atom stereocenters. The van der Waals surface area contributed by atoms with Crippen molar-refractivity contribution in [1.29, 1.82) is 5.26 Å². The van der Waals surface area contributed by atoms with Gasteiger partial charge in [0.25, 0.3) is 0 Å². The van der Waals surface area contributed by atoms with Gasteiger partial charge >= 0.3 is 0 Å². The second kappa shape index (κ2) is 8.53. The van der Waals surface area contributed by atoms with Crippen molar-refractivity contribution >= 4 is 28.7 Å². The number of aromatic amines is 1. The third-order valence-electron chi connectivity index (χ3n) is 4.64. The van der Waals surface area contributed by atoms with E-state index >= 15 is 0 Å². The monoisotopic (exact) mass is 437 g/mol. The lowest BCUT2D eigenvalue weighted by Crippen LogP contribution is -2.36. The molecule has 3 aromatic heterocycles. The lowest BCUT2D eigenvalue weighted by Gasteiger charge is -2.14. The number of fused-ring (bicyclic) bond motifs is 1. The second-order valence-electron chi connectivity index (χ2n) is 7.07. The summed E-state index contributed by atoms with van der Waals surface area (Å²) in [6.07, 6.45) is 3.43. The molecule has 1 amide bonds. The molecular formula is C21H17ClFN7O. The number of amides is 1. The highest BCUT2D eigenvalue weighted by Crippen LogP contribution is 2.26. The predicted octanol–water partition coefficient (Wildman–Crippen LogP) is 3.23. The molecule has 0 bridgehead atoms. The van der Waals surface area contributed by atoms with Gasteiger partial charge in [0.1, 0.15) is 17.4 Å². The predicted molar refractivity (Wildman–Crippen MR) is 113 cm³/mol. The number of rotatable bonds is 6. The Bertz CT molecular complexity index is 1280. The highest BCUT2D eigenvalue weighted by molar-refractivity contribution is 6.32. The zero-order valence-electron chi connectivity index (χ0n) is 16.4. The first kappa shape index (κ1) is 20.5. The molecule has 3 heterocycles. The fraction of sp³-hybridized carbons (Fsp3) is 0.190. The minimum absolute atomic E-state index is 0.0364. The summed E-state index contributed by atoms with van der Waals surface area (Å²) in [6, 6.07) is 9.61. The van der Waals surface area contributed by atoms with E-state index in [0.29, 0.717) is 29.1 Å². The minimum atomic E-state index is -0.693. The lowest BCUT2D eigenvalue weighted by atomic mass is 10.1. The number of nitriles is 1. The molecular weight excluding hydrogens is 421 g/mol. The van der Waals surface area contributed by atoms with E-state index in [9.17, 15) is 9.18 Å². The molecule has 0 aliphatic heterocycles. The number of nitrogens with zero attached hydrogens (tertiary/aromatic N) is 5. The van der Waals surface area contributed by atoms with Gasteiger partial charge in [0.05, 0.1) is 41.2 Å². The number of nitrogens with one attached hydrogen (secondary N) is 2. The maximum absolute atomic E-state index is 14.0. The maximum atomic E-state index is 14.0. The number of carbonyl (C=O) groups excluding carboxylic acids is 1. The Labute approximate surface area is 181 Å². The molecule has 0 spiro atoms. The van der Waals surface area contributed by atoms with E-state index < -0.39 is 5.82 Å². The number of H-pyrrole nitrogens is 1. The number of pyridine rings is 1. The molecule has 0 radical (unpaired) electrons. The molecule has 0 unspecified atom stereocenters. The molecule has 0 saturated heterocycles. The Hall–Kier alpha value is -3.77. The average molecular weight is 438 g/mol. The van der Waals surface area contributed by atoms with Crippen molar-refractivity contribution in [3.8, 4) is 17.3 Å². The van der Waals surface area contributed by atoms with E-state index in [2.05, 4.69) is 25.4 Å². The van der Waals surface area contributed by atoms with Gasteiger partial charge in [-0.2, -0.15) is 10.4 Å². The van der Waals surface area contributed by atoms with Gasteiger partial charge in [-0.3, -0.25) is 9.48 Å². The van der Waals surface area contributed by atoms with Crippen LogP contribution in [0, 0.1) is 17.1 Å². The molecule has 2 N–H and O–H groups in total. The molecule has 0 aliphatic rings. The average Bonchev–Trinajstić information content (AvgIpc) is 3.36. The Morgan fingerprint density at radius 2 is 2.23 bits per heavy atom. The molecule has 8 nitrogen and oxygen atoms in total. The van der Waals surface area contributed by atoms with Crippen LogP contribution in [0.1, 0.15) is 18.2 Å². The number of carbonyl (C=O) groups is 1. The summed E-state index contributed by atoms with van der Waals surface area (Å²) in [5.41, 5.74) is 2.81. The van der Waals surface area contributed by atoms with Gasteiger partial charge in [-0.25, -0.2) is 14.4 Å². The van der Waals surface area contributed by atoms with Crippen LogP contribution >= 0.6 is 11.6 Å². The summed E-state index contributed by atoms with van der Waals surface area (Å²) in [7, 11) is 0. The lowest BCUT2D eigenvalue weighted by molar-refractivity contribution is -0.121. The molecule has 4 aromatic rings. The van der Waals surface area contributed by atoms with Crippen LogP contribution in [0.5, 0.6) is 0 Å². The zero-order chi connectivity index (χ0) is 22.0. The van der Waals surface area contributed by atoms with Gasteiger partial charge in [0.15, 0.2) is 5.65 Å². The number of hydrogen-bond acceptors (Lipinski definition) is 5. The van der Waals surface area contributed by atoms with Crippen LogP contribution < -0.4 is 5.32 Å². The van der Waals surface area contributed by atoms with Gasteiger partial charge in [-0.1, -0.05) is 11.6 Å². The summed E-state index contributed by atoms with van der Waals surface area (Å²) in [5.74, 6) is -0.856. The van der Waals surface area contributed by atoms with Crippen molar-refractivity contribution < 1.29 is 9.18 Å². The summed E-state index contributed by atoms with van der Waals surface area (Å²) in [6.45, 7) is 2.28. The van der Waals surface area contributed by atoms with Crippen LogP contribution in [0.2, 0.25) is 5.02 Å². The van der Waals surface area contributed by atoms with Gasteiger partial charge in [0, 0.05) is 17.8 Å². The third kappa shape index (κ3) is 4.54. The number of benzene rings is 1. The van der Waals surface area contributed by atoms with Crippen molar-refractivity contribution in [2.45, 2.75) is 25.9 Å². The number of aromatic nitrogens is 5. The molecule has 156 valence electrons. The molecule has 10 heteroatoms. The smallest absolute Gasteiger partial charge is 0.226 e. The van der Waals surface area contributed by atoms with Crippen LogP contribution in [-0.2, 0) is 17.8 Å². The molecule has 31 heavy (non-hydrogen) atoms. The highest BCUT2D eigenvalue weighted by atomic mass is 35.5.